The maximum atomic E-state index is 11.9. The number of benzene rings is 1. The fourth-order valence-corrected chi connectivity index (χ4v) is 1.99. The molecule has 0 atom stereocenters. The van der Waals surface area contributed by atoms with Crippen molar-refractivity contribution in [1.29, 1.82) is 0 Å². The maximum absolute atomic E-state index is 11.9. The third-order valence-corrected chi connectivity index (χ3v) is 3.02. The molecule has 0 radical (unpaired) electrons. The molecule has 0 spiro atoms. The lowest BCUT2D eigenvalue weighted by Gasteiger charge is -1.95. The first-order valence-electron chi connectivity index (χ1n) is 5.87. The number of rotatable bonds is 2. The summed E-state index contributed by atoms with van der Waals surface area (Å²) in [4.78, 5) is 33.1. The van der Waals surface area contributed by atoms with Gasteiger partial charge in [-0.3, -0.25) is 14.3 Å². The number of aromatic amines is 2. The van der Waals surface area contributed by atoms with Crippen molar-refractivity contribution in [1.82, 2.24) is 19.5 Å². The van der Waals surface area contributed by atoms with E-state index in [0.29, 0.717) is 23.4 Å². The van der Waals surface area contributed by atoms with Crippen molar-refractivity contribution in [3.63, 3.8) is 0 Å². The first kappa shape index (κ1) is 11.5. The van der Waals surface area contributed by atoms with Crippen molar-refractivity contribution in [2.24, 2.45) is 7.05 Å². The van der Waals surface area contributed by atoms with Gasteiger partial charge < -0.3 is 4.98 Å². The van der Waals surface area contributed by atoms with Crippen LogP contribution in [0.15, 0.2) is 39.9 Å². The summed E-state index contributed by atoms with van der Waals surface area (Å²) in [5, 5.41) is 0. The summed E-state index contributed by atoms with van der Waals surface area (Å²) < 4.78 is 1.02. The van der Waals surface area contributed by atoms with E-state index in [1.165, 1.54) is 7.05 Å². The Bertz CT molecular complexity index is 842. The number of hydrogen-bond donors (Lipinski definition) is 2. The minimum atomic E-state index is -0.463. The van der Waals surface area contributed by atoms with E-state index < -0.39 is 5.69 Å². The van der Waals surface area contributed by atoms with E-state index in [1.807, 2.05) is 30.3 Å². The lowest BCUT2D eigenvalue weighted by molar-refractivity contribution is 0.790. The predicted molar refractivity (Wildman–Crippen MR) is 71.2 cm³/mol. The van der Waals surface area contributed by atoms with Gasteiger partial charge in [-0.2, -0.15) is 0 Å². The molecule has 0 bridgehead atoms. The van der Waals surface area contributed by atoms with Gasteiger partial charge in [0.2, 0.25) is 0 Å². The first-order chi connectivity index (χ1) is 9.15. The molecule has 2 aromatic heterocycles. The van der Waals surface area contributed by atoms with Crippen LogP contribution in [0.1, 0.15) is 11.4 Å². The summed E-state index contributed by atoms with van der Waals surface area (Å²) in [6.07, 6.45) is 0.584. The average Bonchev–Trinajstić information content (AvgIpc) is 2.80. The molecule has 3 rings (SSSR count). The summed E-state index contributed by atoms with van der Waals surface area (Å²) >= 11 is 0. The van der Waals surface area contributed by atoms with Crippen LogP contribution >= 0.6 is 0 Å². The van der Waals surface area contributed by atoms with Gasteiger partial charge in [0, 0.05) is 13.5 Å². The molecule has 0 aliphatic carbocycles. The molecule has 0 saturated heterocycles. The second kappa shape index (κ2) is 4.24. The van der Waals surface area contributed by atoms with Gasteiger partial charge >= 0.3 is 5.69 Å². The van der Waals surface area contributed by atoms with Crippen molar-refractivity contribution in [3.05, 3.63) is 62.6 Å². The van der Waals surface area contributed by atoms with Crippen LogP contribution in [0.2, 0.25) is 0 Å². The SMILES string of the molecule is Cn1c(=O)[nH]c2nc(Cc3ccccc3)[nH]c2c1=O. The average molecular weight is 256 g/mol. The molecule has 0 saturated carbocycles. The monoisotopic (exact) mass is 256 g/mol. The number of nitrogens with zero attached hydrogens (tertiary/aromatic N) is 2. The van der Waals surface area contributed by atoms with Gasteiger partial charge in [0.25, 0.3) is 5.56 Å². The molecule has 3 aromatic rings. The summed E-state index contributed by atoms with van der Waals surface area (Å²) in [7, 11) is 1.43. The number of H-pyrrole nitrogens is 2. The number of fused-ring (bicyclic) bond motifs is 1. The lowest BCUT2D eigenvalue weighted by atomic mass is 10.1. The van der Waals surface area contributed by atoms with Gasteiger partial charge in [-0.15, -0.1) is 0 Å². The maximum Gasteiger partial charge on any atom is 0.329 e. The minimum Gasteiger partial charge on any atom is -0.336 e. The fraction of sp³-hybridized carbons (Fsp3) is 0.154. The zero-order valence-corrected chi connectivity index (χ0v) is 10.3. The van der Waals surface area contributed by atoms with Crippen molar-refractivity contribution in [2.45, 2.75) is 6.42 Å². The predicted octanol–water partition coefficient (Wildman–Crippen LogP) is 0.541. The lowest BCUT2D eigenvalue weighted by Crippen LogP contribution is -2.32. The van der Waals surface area contributed by atoms with Gasteiger partial charge in [-0.25, -0.2) is 9.78 Å². The second-order valence-electron chi connectivity index (χ2n) is 4.36. The largest absolute Gasteiger partial charge is 0.336 e. The number of imidazole rings is 1. The summed E-state index contributed by atoms with van der Waals surface area (Å²) in [6.45, 7) is 0. The molecule has 0 fully saturated rings. The Balaban J connectivity index is 2.10. The normalized spacial score (nSPS) is 11.0. The van der Waals surface area contributed by atoms with E-state index in [-0.39, 0.29) is 5.56 Å². The quantitative estimate of drug-likeness (QED) is 0.702. The van der Waals surface area contributed by atoms with E-state index in [0.717, 1.165) is 10.1 Å². The molecule has 2 N–H and O–H groups in total. The standard InChI is InChI=1S/C13H12N4O2/c1-17-12(18)10-11(16-13(17)19)15-9(14-10)7-8-5-3-2-4-6-8/h2-6H,7H2,1H3,(H,14,15)(H,16,19). The minimum absolute atomic E-state index is 0.305. The van der Waals surface area contributed by atoms with E-state index >= 15 is 0 Å². The number of nitrogens with one attached hydrogen (secondary N) is 2. The zero-order valence-electron chi connectivity index (χ0n) is 10.3. The second-order valence-corrected chi connectivity index (χ2v) is 4.36. The third kappa shape index (κ3) is 1.97. The van der Waals surface area contributed by atoms with Crippen LogP contribution in [0.4, 0.5) is 0 Å². The van der Waals surface area contributed by atoms with Crippen LogP contribution in [0.25, 0.3) is 11.2 Å². The highest BCUT2D eigenvalue weighted by molar-refractivity contribution is 5.68. The molecule has 0 aliphatic rings. The molecule has 0 amide bonds. The topological polar surface area (TPSA) is 83.5 Å². The Morgan fingerprint density at radius 2 is 1.89 bits per heavy atom. The molecule has 96 valence electrons. The highest BCUT2D eigenvalue weighted by atomic mass is 16.2. The molecule has 19 heavy (non-hydrogen) atoms. The van der Waals surface area contributed by atoms with Crippen LogP contribution in [0.5, 0.6) is 0 Å². The summed E-state index contributed by atoms with van der Waals surface area (Å²) in [5.41, 5.74) is 0.883. The van der Waals surface area contributed by atoms with Gasteiger partial charge in [0.15, 0.2) is 5.65 Å². The molecule has 6 heteroatoms. The summed E-state index contributed by atoms with van der Waals surface area (Å²) in [5.74, 6) is 0.653. The number of aromatic nitrogens is 4. The van der Waals surface area contributed by atoms with Crippen molar-refractivity contribution < 1.29 is 0 Å². The molecule has 0 aliphatic heterocycles. The molecule has 0 unspecified atom stereocenters. The Hall–Kier alpha value is -2.63. The Morgan fingerprint density at radius 1 is 1.16 bits per heavy atom. The molecule has 1 aromatic carbocycles. The van der Waals surface area contributed by atoms with Crippen LogP contribution in [0.3, 0.4) is 0 Å². The highest BCUT2D eigenvalue weighted by Gasteiger charge is 2.10. The fourth-order valence-electron chi connectivity index (χ4n) is 1.99. The molecular weight excluding hydrogens is 244 g/mol. The van der Waals surface area contributed by atoms with E-state index in [9.17, 15) is 9.59 Å². The Morgan fingerprint density at radius 3 is 2.63 bits per heavy atom. The smallest absolute Gasteiger partial charge is 0.329 e. The van der Waals surface area contributed by atoms with E-state index in [1.54, 1.807) is 0 Å². The van der Waals surface area contributed by atoms with Gasteiger partial charge in [-0.05, 0) is 5.56 Å². The Labute approximate surface area is 107 Å². The van der Waals surface area contributed by atoms with E-state index in [2.05, 4.69) is 15.0 Å². The van der Waals surface area contributed by atoms with Crippen molar-refractivity contribution in [2.75, 3.05) is 0 Å². The first-order valence-corrected chi connectivity index (χ1v) is 5.87. The van der Waals surface area contributed by atoms with E-state index in [4.69, 9.17) is 0 Å². The molecule has 2 heterocycles. The van der Waals surface area contributed by atoms with Crippen LogP contribution in [-0.4, -0.2) is 19.5 Å². The molecular formula is C13H12N4O2. The van der Waals surface area contributed by atoms with Crippen LogP contribution in [-0.2, 0) is 13.5 Å². The highest BCUT2D eigenvalue weighted by Crippen LogP contribution is 2.08. The van der Waals surface area contributed by atoms with Crippen molar-refractivity contribution >= 4 is 11.2 Å². The van der Waals surface area contributed by atoms with Gasteiger partial charge in [0.1, 0.15) is 11.3 Å². The van der Waals surface area contributed by atoms with Crippen LogP contribution in [0, 0.1) is 0 Å². The zero-order chi connectivity index (χ0) is 13.4. The third-order valence-electron chi connectivity index (χ3n) is 3.02. The van der Waals surface area contributed by atoms with Crippen LogP contribution < -0.4 is 11.2 Å². The number of hydrogen-bond acceptors (Lipinski definition) is 3. The van der Waals surface area contributed by atoms with Crippen molar-refractivity contribution in [3.8, 4) is 0 Å². The Kier molecular flexibility index (Phi) is 2.56. The van der Waals surface area contributed by atoms with Gasteiger partial charge in [0.05, 0.1) is 0 Å². The molecule has 6 nitrogen and oxygen atoms in total. The van der Waals surface area contributed by atoms with Gasteiger partial charge in [-0.1, -0.05) is 30.3 Å². The summed E-state index contributed by atoms with van der Waals surface area (Å²) in [6, 6.07) is 9.79.